The monoisotopic (exact) mass is 282 g/mol. The maximum absolute atomic E-state index is 11.4. The first-order chi connectivity index (χ1) is 9.04. The minimum atomic E-state index is -0.407. The number of hydrogen-bond donors (Lipinski definition) is 0. The summed E-state index contributed by atoms with van der Waals surface area (Å²) < 4.78 is 5.73. The van der Waals surface area contributed by atoms with Gasteiger partial charge in [0.2, 0.25) is 0 Å². The number of fused-ring (bicyclic) bond motifs is 2. The molecule has 2 fully saturated rings. The normalized spacial score (nSPS) is 25.6. The molecule has 1 aromatic rings. The van der Waals surface area contributed by atoms with Crippen molar-refractivity contribution < 1.29 is 14.5 Å². The molecular weight excluding hydrogens is 268 g/mol. The molecule has 0 aliphatic carbocycles. The third-order valence-corrected chi connectivity index (χ3v) is 4.85. The van der Waals surface area contributed by atoms with Crippen molar-refractivity contribution in [3.63, 3.8) is 0 Å². The van der Waals surface area contributed by atoms with Gasteiger partial charge in [0.15, 0.2) is 10.8 Å². The Morgan fingerprint density at radius 1 is 1.47 bits per heavy atom. The van der Waals surface area contributed by atoms with Crippen molar-refractivity contribution in [3.05, 3.63) is 21.1 Å². The summed E-state index contributed by atoms with van der Waals surface area (Å²) in [5, 5.41) is 11.7. The fourth-order valence-corrected chi connectivity index (χ4v) is 3.72. The van der Waals surface area contributed by atoms with E-state index in [2.05, 4.69) is 0 Å². The van der Waals surface area contributed by atoms with E-state index in [4.69, 9.17) is 4.74 Å². The highest BCUT2D eigenvalue weighted by molar-refractivity contribution is 7.18. The standard InChI is InChI=1S/C12H14N2O4S/c1-7(15)11-4-10(14(16)17)12(19-11)13-5-8-2-3-9(6-13)18-8/h4,8-9H,2-3,5-6H2,1H3. The maximum atomic E-state index is 11.4. The van der Waals surface area contributed by atoms with Gasteiger partial charge in [-0.05, 0) is 19.8 Å². The number of rotatable bonds is 3. The number of nitrogens with zero attached hydrogens (tertiary/aromatic N) is 2. The van der Waals surface area contributed by atoms with Gasteiger partial charge in [-0.1, -0.05) is 0 Å². The second-order valence-electron chi connectivity index (χ2n) is 4.98. The van der Waals surface area contributed by atoms with Crippen LogP contribution in [0.4, 0.5) is 10.7 Å². The smallest absolute Gasteiger partial charge is 0.304 e. The van der Waals surface area contributed by atoms with Gasteiger partial charge in [0.1, 0.15) is 0 Å². The Labute approximate surface area is 114 Å². The topological polar surface area (TPSA) is 72.7 Å². The molecule has 1 aromatic heterocycles. The predicted molar refractivity (Wildman–Crippen MR) is 71.1 cm³/mol. The van der Waals surface area contributed by atoms with Crippen molar-refractivity contribution >= 4 is 27.8 Å². The van der Waals surface area contributed by atoms with Crippen molar-refractivity contribution in [3.8, 4) is 0 Å². The second-order valence-corrected chi connectivity index (χ2v) is 6.01. The highest BCUT2D eigenvalue weighted by atomic mass is 32.1. The van der Waals surface area contributed by atoms with E-state index in [1.165, 1.54) is 24.3 Å². The van der Waals surface area contributed by atoms with Gasteiger partial charge in [-0.2, -0.15) is 0 Å². The van der Waals surface area contributed by atoms with E-state index in [-0.39, 0.29) is 23.7 Å². The average Bonchev–Trinajstić information content (AvgIpc) is 2.93. The Morgan fingerprint density at radius 2 is 2.11 bits per heavy atom. The van der Waals surface area contributed by atoms with Crippen LogP contribution in [0.15, 0.2) is 6.07 Å². The van der Waals surface area contributed by atoms with Gasteiger partial charge >= 0.3 is 5.69 Å². The molecule has 0 amide bonds. The number of nitro groups is 1. The second kappa shape index (κ2) is 4.57. The van der Waals surface area contributed by atoms with Crippen molar-refractivity contribution in [1.29, 1.82) is 0 Å². The molecule has 2 unspecified atom stereocenters. The number of Topliss-reactive ketones (excluding diaryl/α,β-unsaturated/α-hetero) is 1. The average molecular weight is 282 g/mol. The van der Waals surface area contributed by atoms with Crippen LogP contribution in [0.5, 0.6) is 0 Å². The first kappa shape index (κ1) is 12.6. The Morgan fingerprint density at radius 3 is 2.63 bits per heavy atom. The number of carbonyl (C=O) groups is 1. The molecule has 0 radical (unpaired) electrons. The highest BCUT2D eigenvalue weighted by Gasteiger charge is 2.37. The number of thiophene rings is 1. The van der Waals surface area contributed by atoms with Gasteiger partial charge in [0.05, 0.1) is 22.0 Å². The van der Waals surface area contributed by atoms with E-state index in [1.54, 1.807) is 0 Å². The van der Waals surface area contributed by atoms with Gasteiger partial charge in [0, 0.05) is 19.2 Å². The highest BCUT2D eigenvalue weighted by Crippen LogP contribution is 2.40. The molecule has 3 rings (SSSR count). The van der Waals surface area contributed by atoms with Crippen LogP contribution in [0.2, 0.25) is 0 Å². The van der Waals surface area contributed by atoms with E-state index < -0.39 is 4.92 Å². The van der Waals surface area contributed by atoms with Gasteiger partial charge in [-0.3, -0.25) is 14.9 Å². The number of anilines is 1. The van der Waals surface area contributed by atoms with Gasteiger partial charge < -0.3 is 9.64 Å². The van der Waals surface area contributed by atoms with Gasteiger partial charge in [0.25, 0.3) is 0 Å². The number of ketones is 1. The van der Waals surface area contributed by atoms with Crippen LogP contribution in [-0.4, -0.2) is 36.0 Å². The maximum Gasteiger partial charge on any atom is 0.304 e. The fraction of sp³-hybridized carbons (Fsp3) is 0.583. The van der Waals surface area contributed by atoms with Crippen molar-refractivity contribution in [2.75, 3.05) is 18.0 Å². The number of hydrogen-bond acceptors (Lipinski definition) is 6. The number of ether oxygens (including phenoxy) is 1. The lowest BCUT2D eigenvalue weighted by Gasteiger charge is -2.32. The van der Waals surface area contributed by atoms with Crippen molar-refractivity contribution in [2.45, 2.75) is 32.0 Å². The third-order valence-electron chi connectivity index (χ3n) is 3.57. The summed E-state index contributed by atoms with van der Waals surface area (Å²) >= 11 is 1.21. The zero-order valence-electron chi connectivity index (χ0n) is 10.5. The molecule has 19 heavy (non-hydrogen) atoms. The van der Waals surface area contributed by atoms with Crippen LogP contribution in [-0.2, 0) is 4.74 Å². The molecule has 0 saturated carbocycles. The quantitative estimate of drug-likeness (QED) is 0.483. The largest absolute Gasteiger partial charge is 0.371 e. The van der Waals surface area contributed by atoms with Crippen LogP contribution in [0.25, 0.3) is 0 Å². The lowest BCUT2D eigenvalue weighted by atomic mass is 10.2. The van der Waals surface area contributed by atoms with Crippen LogP contribution in [0.1, 0.15) is 29.4 Å². The number of carbonyl (C=O) groups excluding carboxylic acids is 1. The molecule has 2 aliphatic rings. The summed E-state index contributed by atoms with van der Waals surface area (Å²) in [7, 11) is 0. The van der Waals surface area contributed by atoms with Crippen LogP contribution >= 0.6 is 11.3 Å². The molecule has 7 heteroatoms. The lowest BCUT2D eigenvalue weighted by molar-refractivity contribution is -0.383. The summed E-state index contributed by atoms with van der Waals surface area (Å²) in [5.74, 6) is -0.129. The summed E-state index contributed by atoms with van der Waals surface area (Å²) in [6, 6.07) is 1.39. The molecule has 102 valence electrons. The molecule has 0 spiro atoms. The minimum absolute atomic E-state index is 0.0384. The lowest BCUT2D eigenvalue weighted by Crippen LogP contribution is -2.42. The van der Waals surface area contributed by atoms with E-state index in [1.807, 2.05) is 4.90 Å². The molecule has 2 bridgehead atoms. The molecule has 0 N–H and O–H groups in total. The van der Waals surface area contributed by atoms with E-state index in [0.717, 1.165) is 12.8 Å². The molecule has 2 aliphatic heterocycles. The van der Waals surface area contributed by atoms with Crippen LogP contribution < -0.4 is 4.90 Å². The summed E-state index contributed by atoms with van der Waals surface area (Å²) in [4.78, 5) is 24.6. The molecule has 3 heterocycles. The van der Waals surface area contributed by atoms with Crippen molar-refractivity contribution in [2.24, 2.45) is 0 Å². The molecule has 2 atom stereocenters. The van der Waals surface area contributed by atoms with E-state index in [9.17, 15) is 14.9 Å². The van der Waals surface area contributed by atoms with Crippen LogP contribution in [0, 0.1) is 10.1 Å². The molecular formula is C12H14N2O4S. The first-order valence-electron chi connectivity index (χ1n) is 6.24. The summed E-state index contributed by atoms with van der Waals surface area (Å²) in [5.41, 5.74) is 0.0384. The Kier molecular flexibility index (Phi) is 3.02. The Hall–Kier alpha value is -1.47. The zero-order valence-corrected chi connectivity index (χ0v) is 11.3. The van der Waals surface area contributed by atoms with Crippen molar-refractivity contribution in [1.82, 2.24) is 0 Å². The number of morpholine rings is 1. The minimum Gasteiger partial charge on any atom is -0.371 e. The molecule has 0 aromatic carbocycles. The van der Waals surface area contributed by atoms with E-state index in [0.29, 0.717) is 23.0 Å². The van der Waals surface area contributed by atoms with Crippen LogP contribution in [0.3, 0.4) is 0 Å². The Balaban J connectivity index is 1.94. The zero-order chi connectivity index (χ0) is 13.6. The molecule has 6 nitrogen and oxygen atoms in total. The first-order valence-corrected chi connectivity index (χ1v) is 7.06. The van der Waals surface area contributed by atoms with Gasteiger partial charge in [-0.25, -0.2) is 0 Å². The summed E-state index contributed by atoms with van der Waals surface area (Å²) in [6.45, 7) is 2.78. The van der Waals surface area contributed by atoms with E-state index >= 15 is 0 Å². The third kappa shape index (κ3) is 2.23. The molecule has 2 saturated heterocycles. The van der Waals surface area contributed by atoms with Gasteiger partial charge in [-0.15, -0.1) is 11.3 Å². The SMILES string of the molecule is CC(=O)c1cc([N+](=O)[O-])c(N2CC3CCC(C2)O3)s1. The predicted octanol–water partition coefficient (Wildman–Crippen LogP) is 2.23. The summed E-state index contributed by atoms with van der Waals surface area (Å²) in [6.07, 6.45) is 2.36. The fourth-order valence-electron chi connectivity index (χ4n) is 2.68. The Bertz CT molecular complexity index is 530.